The van der Waals surface area contributed by atoms with Crippen LogP contribution in [0, 0.1) is 11.3 Å². The number of hydrogen-bond acceptors (Lipinski definition) is 5. The number of amides is 1. The third-order valence-electron chi connectivity index (χ3n) is 3.27. The fraction of sp³-hybridized carbons (Fsp3) is 0.429. The molecule has 1 atom stereocenters. The molecule has 21 heavy (non-hydrogen) atoms. The van der Waals surface area contributed by atoms with Crippen molar-refractivity contribution in [2.75, 3.05) is 13.2 Å². The van der Waals surface area contributed by atoms with Crippen LogP contribution in [0.4, 0.5) is 0 Å². The van der Waals surface area contributed by atoms with E-state index >= 15 is 0 Å². The molecule has 1 aliphatic heterocycles. The van der Waals surface area contributed by atoms with Gasteiger partial charge in [-0.3, -0.25) is 8.98 Å². The third kappa shape index (κ3) is 4.28. The molecule has 1 aromatic carbocycles. The standard InChI is InChI=1S/C14H16N2O4S/c15-9-13-7-4-8-16(13)14(17)10-20-21(18,19)11-12-5-2-1-3-6-12/h1-3,5-6,13H,4,7-8,10-11H2. The van der Waals surface area contributed by atoms with Crippen molar-refractivity contribution in [1.29, 1.82) is 5.26 Å². The first-order chi connectivity index (χ1) is 10.0. The minimum atomic E-state index is -3.81. The highest BCUT2D eigenvalue weighted by atomic mass is 32.2. The first-order valence-electron chi connectivity index (χ1n) is 6.62. The van der Waals surface area contributed by atoms with E-state index in [9.17, 15) is 13.2 Å². The van der Waals surface area contributed by atoms with Gasteiger partial charge in [0.1, 0.15) is 18.4 Å². The van der Waals surface area contributed by atoms with Crippen molar-refractivity contribution in [1.82, 2.24) is 4.90 Å². The number of rotatable bonds is 5. The van der Waals surface area contributed by atoms with Gasteiger partial charge in [0.15, 0.2) is 0 Å². The third-order valence-corrected chi connectivity index (χ3v) is 4.43. The Labute approximate surface area is 124 Å². The Morgan fingerprint density at radius 2 is 2.10 bits per heavy atom. The van der Waals surface area contributed by atoms with Crippen LogP contribution < -0.4 is 0 Å². The molecular formula is C14H16N2O4S. The van der Waals surface area contributed by atoms with E-state index in [4.69, 9.17) is 9.44 Å². The van der Waals surface area contributed by atoms with Gasteiger partial charge >= 0.3 is 0 Å². The normalized spacial score (nSPS) is 18.4. The smallest absolute Gasteiger partial charge is 0.272 e. The fourth-order valence-corrected chi connectivity index (χ4v) is 3.21. The largest absolute Gasteiger partial charge is 0.325 e. The van der Waals surface area contributed by atoms with Gasteiger partial charge in [0.05, 0.1) is 6.07 Å². The quantitative estimate of drug-likeness (QED) is 0.759. The summed E-state index contributed by atoms with van der Waals surface area (Å²) < 4.78 is 28.4. The highest BCUT2D eigenvalue weighted by molar-refractivity contribution is 7.85. The Morgan fingerprint density at radius 1 is 1.38 bits per heavy atom. The van der Waals surface area contributed by atoms with E-state index in [0.29, 0.717) is 18.5 Å². The molecule has 112 valence electrons. The second-order valence-corrected chi connectivity index (χ2v) is 6.46. The van der Waals surface area contributed by atoms with Gasteiger partial charge in [0, 0.05) is 6.54 Å². The molecule has 0 aliphatic carbocycles. The maximum absolute atomic E-state index is 11.9. The van der Waals surface area contributed by atoms with Gasteiger partial charge in [-0.05, 0) is 18.4 Å². The molecule has 1 fully saturated rings. The van der Waals surface area contributed by atoms with Crippen molar-refractivity contribution in [3.05, 3.63) is 35.9 Å². The second-order valence-electron chi connectivity index (χ2n) is 4.82. The van der Waals surface area contributed by atoms with E-state index in [1.54, 1.807) is 30.3 Å². The van der Waals surface area contributed by atoms with Crippen molar-refractivity contribution in [2.45, 2.75) is 24.6 Å². The van der Waals surface area contributed by atoms with Gasteiger partial charge in [0.2, 0.25) is 0 Å². The van der Waals surface area contributed by atoms with E-state index in [-0.39, 0.29) is 5.75 Å². The van der Waals surface area contributed by atoms with Crippen molar-refractivity contribution >= 4 is 16.0 Å². The minimum Gasteiger partial charge on any atom is -0.325 e. The highest BCUT2D eigenvalue weighted by Gasteiger charge is 2.29. The van der Waals surface area contributed by atoms with E-state index in [1.807, 2.05) is 6.07 Å². The molecule has 0 spiro atoms. The molecule has 0 aromatic heterocycles. The Kier molecular flexibility index (Phi) is 4.94. The lowest BCUT2D eigenvalue weighted by molar-refractivity contribution is -0.133. The van der Waals surface area contributed by atoms with Gasteiger partial charge in [-0.2, -0.15) is 13.7 Å². The molecule has 7 heteroatoms. The van der Waals surface area contributed by atoms with E-state index in [1.165, 1.54) is 4.90 Å². The summed E-state index contributed by atoms with van der Waals surface area (Å²) in [5.41, 5.74) is 0.598. The Morgan fingerprint density at radius 3 is 2.76 bits per heavy atom. The molecule has 0 bridgehead atoms. The monoisotopic (exact) mass is 308 g/mol. The summed E-state index contributed by atoms with van der Waals surface area (Å²) in [7, 11) is -3.81. The molecule has 0 saturated carbocycles. The van der Waals surface area contributed by atoms with Crippen molar-refractivity contribution in [3.63, 3.8) is 0 Å². The number of nitriles is 1. The molecule has 1 saturated heterocycles. The van der Waals surface area contributed by atoms with E-state index in [2.05, 4.69) is 0 Å². The summed E-state index contributed by atoms with van der Waals surface area (Å²) in [6.45, 7) is -0.0769. The topological polar surface area (TPSA) is 87.5 Å². The molecule has 6 nitrogen and oxygen atoms in total. The number of likely N-dealkylation sites (tertiary alicyclic amines) is 1. The van der Waals surface area contributed by atoms with Crippen LogP contribution in [0.1, 0.15) is 18.4 Å². The number of carbonyl (C=O) groups excluding carboxylic acids is 1. The molecule has 1 aliphatic rings. The Bertz CT molecular complexity index is 637. The first-order valence-corrected chi connectivity index (χ1v) is 8.20. The minimum absolute atomic E-state index is 0.275. The Balaban J connectivity index is 1.90. The molecule has 0 radical (unpaired) electrons. The average Bonchev–Trinajstić information content (AvgIpc) is 2.94. The average molecular weight is 308 g/mol. The van der Waals surface area contributed by atoms with Gasteiger partial charge in [-0.1, -0.05) is 30.3 Å². The SMILES string of the molecule is N#CC1CCCN1C(=O)COS(=O)(=O)Cc1ccccc1. The lowest BCUT2D eigenvalue weighted by atomic mass is 10.2. The van der Waals surface area contributed by atoms with E-state index in [0.717, 1.165) is 6.42 Å². The maximum atomic E-state index is 11.9. The number of benzene rings is 1. The molecule has 1 aromatic rings. The van der Waals surface area contributed by atoms with Gasteiger partial charge in [-0.25, -0.2) is 0 Å². The van der Waals surface area contributed by atoms with Gasteiger partial charge in [0.25, 0.3) is 16.0 Å². The van der Waals surface area contributed by atoms with Crippen molar-refractivity contribution in [2.24, 2.45) is 0 Å². The van der Waals surface area contributed by atoms with Crippen molar-refractivity contribution < 1.29 is 17.4 Å². The molecule has 2 rings (SSSR count). The van der Waals surface area contributed by atoms with Crippen LogP contribution in [0.25, 0.3) is 0 Å². The van der Waals surface area contributed by atoms with Crippen LogP contribution >= 0.6 is 0 Å². The second kappa shape index (κ2) is 6.70. The first kappa shape index (κ1) is 15.5. The van der Waals surface area contributed by atoms with Crippen LogP contribution in [0.15, 0.2) is 30.3 Å². The zero-order valence-electron chi connectivity index (χ0n) is 11.4. The zero-order chi connectivity index (χ0) is 15.3. The summed E-state index contributed by atoms with van der Waals surface area (Å²) in [6.07, 6.45) is 1.37. The summed E-state index contributed by atoms with van der Waals surface area (Å²) in [6, 6.07) is 10.2. The number of hydrogen-bond donors (Lipinski definition) is 0. The summed E-state index contributed by atoms with van der Waals surface area (Å²) in [5, 5.41) is 8.91. The summed E-state index contributed by atoms with van der Waals surface area (Å²) in [4.78, 5) is 13.3. The molecule has 0 N–H and O–H groups in total. The van der Waals surface area contributed by atoms with Crippen molar-refractivity contribution in [3.8, 4) is 6.07 Å². The predicted molar refractivity (Wildman–Crippen MR) is 75.4 cm³/mol. The highest BCUT2D eigenvalue weighted by Crippen LogP contribution is 2.17. The van der Waals surface area contributed by atoms with Crippen LogP contribution in [-0.4, -0.2) is 38.4 Å². The summed E-state index contributed by atoms with van der Waals surface area (Å²) in [5.74, 6) is -0.737. The molecule has 1 unspecified atom stereocenters. The van der Waals surface area contributed by atoms with Gasteiger partial charge < -0.3 is 4.90 Å². The maximum Gasteiger partial charge on any atom is 0.272 e. The van der Waals surface area contributed by atoms with Gasteiger partial charge in [-0.15, -0.1) is 0 Å². The predicted octanol–water partition coefficient (Wildman–Crippen LogP) is 1.05. The Hall–Kier alpha value is -1.91. The summed E-state index contributed by atoms with van der Waals surface area (Å²) >= 11 is 0. The lowest BCUT2D eigenvalue weighted by Crippen LogP contribution is -2.37. The molecule has 1 heterocycles. The van der Waals surface area contributed by atoms with E-state index < -0.39 is 28.7 Å². The lowest BCUT2D eigenvalue weighted by Gasteiger charge is -2.19. The molecule has 1 amide bonds. The fourth-order valence-electron chi connectivity index (χ4n) is 2.24. The number of nitrogens with zero attached hydrogens (tertiary/aromatic N) is 2. The van der Waals surface area contributed by atoms with Crippen LogP contribution in [0.2, 0.25) is 0 Å². The molecular weight excluding hydrogens is 292 g/mol. The van der Waals surface area contributed by atoms with Crippen LogP contribution in [0.3, 0.4) is 0 Å². The zero-order valence-corrected chi connectivity index (χ0v) is 12.3. The van der Waals surface area contributed by atoms with Crippen LogP contribution in [-0.2, 0) is 24.8 Å². The number of carbonyl (C=O) groups is 1. The van der Waals surface area contributed by atoms with Crippen LogP contribution in [0.5, 0.6) is 0 Å².